The Labute approximate surface area is 126 Å². The van der Waals surface area contributed by atoms with E-state index in [1.54, 1.807) is 19.0 Å². The molecule has 2 rings (SSSR count). The highest BCUT2D eigenvalue weighted by molar-refractivity contribution is 14.1. The minimum absolute atomic E-state index is 0.00507. The Balaban J connectivity index is 2.66. The van der Waals surface area contributed by atoms with E-state index in [9.17, 15) is 4.79 Å². The summed E-state index contributed by atoms with van der Waals surface area (Å²) in [4.78, 5) is 13.4. The average molecular weight is 453 g/mol. The van der Waals surface area contributed by atoms with E-state index in [1.165, 1.54) is 0 Å². The van der Waals surface area contributed by atoms with Gasteiger partial charge in [-0.05, 0) is 57.3 Å². The quantitative estimate of drug-likeness (QED) is 0.625. The zero-order chi connectivity index (χ0) is 12.6. The van der Waals surface area contributed by atoms with E-state index in [-0.39, 0.29) is 5.91 Å². The molecule has 0 N–H and O–H groups in total. The zero-order valence-electron chi connectivity index (χ0n) is 9.24. The number of halogens is 2. The molecular formula is C11H9I2N3O. The molecule has 4 nitrogen and oxygen atoms in total. The van der Waals surface area contributed by atoms with Crippen molar-refractivity contribution in [2.24, 2.45) is 0 Å². The van der Waals surface area contributed by atoms with Crippen LogP contribution in [0.1, 0.15) is 10.4 Å². The number of amides is 1. The number of aromatic nitrogens is 2. The number of nitrogens with zero attached hydrogens (tertiary/aromatic N) is 3. The Kier molecular flexibility index (Phi) is 3.81. The summed E-state index contributed by atoms with van der Waals surface area (Å²) < 4.78 is 1.66. The lowest BCUT2D eigenvalue weighted by Crippen LogP contribution is -2.21. The highest BCUT2D eigenvalue weighted by Crippen LogP contribution is 2.23. The molecule has 0 saturated heterocycles. The molecule has 6 heteroatoms. The van der Waals surface area contributed by atoms with Crippen molar-refractivity contribution in [2.45, 2.75) is 0 Å². The molecule has 0 aliphatic heterocycles. The van der Waals surface area contributed by atoms with Crippen molar-refractivity contribution in [1.82, 2.24) is 15.1 Å². The molecule has 1 heterocycles. The minimum atomic E-state index is -0.00507. The smallest absolute Gasteiger partial charge is 0.253 e. The molecule has 0 spiro atoms. The molecule has 1 amide bonds. The number of benzene rings is 1. The summed E-state index contributed by atoms with van der Waals surface area (Å²) in [5.74, 6) is -0.00507. The monoisotopic (exact) mass is 453 g/mol. The van der Waals surface area contributed by atoms with Gasteiger partial charge in [0.1, 0.15) is 7.40 Å². The van der Waals surface area contributed by atoms with Gasteiger partial charge in [-0.3, -0.25) is 4.79 Å². The molecular weight excluding hydrogens is 444 g/mol. The summed E-state index contributed by atoms with van der Waals surface area (Å²) in [5.41, 5.74) is 0.671. The highest BCUT2D eigenvalue weighted by Gasteiger charge is 2.11. The Bertz CT molecular complexity index is 599. The fourth-order valence-corrected chi connectivity index (χ4v) is 2.61. The predicted molar refractivity (Wildman–Crippen MR) is 83.0 cm³/mol. The topological polar surface area (TPSA) is 46.1 Å². The van der Waals surface area contributed by atoms with Gasteiger partial charge in [0.2, 0.25) is 0 Å². The number of hydrogen-bond donors (Lipinski definition) is 0. The standard InChI is InChI=1S/C11H9I2N3O/c1-16(2)11(17)6-3-4-7-8(5-6)10(13)15-14-9(7)12/h3-5H,1-2H3. The van der Waals surface area contributed by atoms with Crippen LogP contribution in [0.4, 0.5) is 0 Å². The normalized spacial score (nSPS) is 10.6. The predicted octanol–water partition coefficient (Wildman–Crippen LogP) is 2.54. The number of carbonyl (C=O) groups is 1. The summed E-state index contributed by atoms with van der Waals surface area (Å²) >= 11 is 4.28. The average Bonchev–Trinajstić information content (AvgIpc) is 2.32. The summed E-state index contributed by atoms with van der Waals surface area (Å²) in [5, 5.41) is 10.1. The van der Waals surface area contributed by atoms with E-state index in [2.05, 4.69) is 55.4 Å². The van der Waals surface area contributed by atoms with Crippen LogP contribution in [0.15, 0.2) is 18.2 Å². The number of hydrogen-bond acceptors (Lipinski definition) is 3. The van der Waals surface area contributed by atoms with E-state index < -0.39 is 0 Å². The van der Waals surface area contributed by atoms with Crippen LogP contribution in [0.2, 0.25) is 0 Å². The first kappa shape index (κ1) is 12.9. The van der Waals surface area contributed by atoms with E-state index >= 15 is 0 Å². The Morgan fingerprint density at radius 3 is 2.29 bits per heavy atom. The van der Waals surface area contributed by atoms with Crippen LogP contribution in [0.25, 0.3) is 10.8 Å². The van der Waals surface area contributed by atoms with Crippen LogP contribution in [-0.2, 0) is 0 Å². The lowest BCUT2D eigenvalue weighted by atomic mass is 10.1. The van der Waals surface area contributed by atoms with E-state index in [1.807, 2.05) is 18.2 Å². The van der Waals surface area contributed by atoms with Gasteiger partial charge in [0, 0.05) is 30.4 Å². The fraction of sp³-hybridized carbons (Fsp3) is 0.182. The van der Waals surface area contributed by atoms with Crippen molar-refractivity contribution in [3.8, 4) is 0 Å². The van der Waals surface area contributed by atoms with Gasteiger partial charge >= 0.3 is 0 Å². The molecule has 88 valence electrons. The molecule has 1 aromatic heterocycles. The van der Waals surface area contributed by atoms with E-state index in [4.69, 9.17) is 0 Å². The third kappa shape index (κ3) is 2.51. The van der Waals surface area contributed by atoms with Crippen molar-refractivity contribution in [3.63, 3.8) is 0 Å². The number of fused-ring (bicyclic) bond motifs is 1. The SMILES string of the molecule is CN(C)C(=O)c1ccc2c(I)nnc(I)c2c1. The maximum absolute atomic E-state index is 11.9. The van der Waals surface area contributed by atoms with Crippen LogP contribution >= 0.6 is 45.2 Å². The van der Waals surface area contributed by atoms with Crippen molar-refractivity contribution >= 4 is 61.9 Å². The molecule has 0 unspecified atom stereocenters. The van der Waals surface area contributed by atoms with Gasteiger partial charge in [0.15, 0.2) is 0 Å². The molecule has 1 aromatic carbocycles. The second kappa shape index (κ2) is 5.01. The van der Waals surface area contributed by atoms with Crippen LogP contribution in [-0.4, -0.2) is 35.1 Å². The fourth-order valence-electron chi connectivity index (χ4n) is 1.48. The summed E-state index contributed by atoms with van der Waals surface area (Å²) in [7, 11) is 3.48. The Hall–Kier alpha value is -0.510. The van der Waals surface area contributed by atoms with Gasteiger partial charge in [0.05, 0.1) is 0 Å². The third-order valence-corrected chi connectivity index (χ3v) is 3.94. The first-order valence-electron chi connectivity index (χ1n) is 4.84. The Morgan fingerprint density at radius 1 is 1.12 bits per heavy atom. The largest absolute Gasteiger partial charge is 0.345 e. The van der Waals surface area contributed by atoms with Crippen molar-refractivity contribution in [2.75, 3.05) is 14.1 Å². The highest BCUT2D eigenvalue weighted by atomic mass is 127. The maximum Gasteiger partial charge on any atom is 0.253 e. The Morgan fingerprint density at radius 2 is 1.71 bits per heavy atom. The number of rotatable bonds is 1. The molecule has 0 atom stereocenters. The van der Waals surface area contributed by atoms with Gasteiger partial charge in [-0.25, -0.2) is 0 Å². The van der Waals surface area contributed by atoms with Gasteiger partial charge in [0.25, 0.3) is 5.91 Å². The first-order valence-corrected chi connectivity index (χ1v) is 6.99. The minimum Gasteiger partial charge on any atom is -0.345 e. The second-order valence-electron chi connectivity index (χ2n) is 3.74. The van der Waals surface area contributed by atoms with E-state index in [0.717, 1.165) is 18.2 Å². The molecule has 2 aromatic rings. The van der Waals surface area contributed by atoms with Crippen molar-refractivity contribution in [3.05, 3.63) is 31.2 Å². The lowest BCUT2D eigenvalue weighted by Gasteiger charge is -2.11. The van der Waals surface area contributed by atoms with Crippen molar-refractivity contribution < 1.29 is 4.79 Å². The molecule has 0 aliphatic carbocycles. The maximum atomic E-state index is 11.9. The van der Waals surface area contributed by atoms with Crippen LogP contribution < -0.4 is 0 Å². The molecule has 0 fully saturated rings. The molecule has 0 radical (unpaired) electrons. The van der Waals surface area contributed by atoms with Crippen LogP contribution in [0.3, 0.4) is 0 Å². The van der Waals surface area contributed by atoms with Gasteiger partial charge in [-0.1, -0.05) is 6.07 Å². The molecule has 0 bridgehead atoms. The van der Waals surface area contributed by atoms with Crippen LogP contribution in [0.5, 0.6) is 0 Å². The number of carbonyl (C=O) groups excluding carboxylic acids is 1. The van der Waals surface area contributed by atoms with Crippen LogP contribution in [0, 0.1) is 7.40 Å². The molecule has 0 saturated carbocycles. The summed E-state index contributed by atoms with van der Waals surface area (Å²) in [6, 6.07) is 5.62. The molecule has 17 heavy (non-hydrogen) atoms. The van der Waals surface area contributed by atoms with Gasteiger partial charge in [-0.2, -0.15) is 0 Å². The van der Waals surface area contributed by atoms with Gasteiger partial charge in [-0.15, -0.1) is 10.2 Å². The third-order valence-electron chi connectivity index (χ3n) is 2.34. The zero-order valence-corrected chi connectivity index (χ0v) is 13.6. The summed E-state index contributed by atoms with van der Waals surface area (Å²) in [6.45, 7) is 0. The summed E-state index contributed by atoms with van der Waals surface area (Å²) in [6.07, 6.45) is 0. The van der Waals surface area contributed by atoms with E-state index in [0.29, 0.717) is 5.56 Å². The van der Waals surface area contributed by atoms with Crippen molar-refractivity contribution in [1.29, 1.82) is 0 Å². The molecule has 0 aliphatic rings. The first-order chi connectivity index (χ1) is 8.00. The lowest BCUT2D eigenvalue weighted by molar-refractivity contribution is 0.0828. The van der Waals surface area contributed by atoms with Gasteiger partial charge < -0.3 is 4.90 Å². The second-order valence-corrected chi connectivity index (χ2v) is 5.79.